The maximum absolute atomic E-state index is 8.95. The summed E-state index contributed by atoms with van der Waals surface area (Å²) in [5.41, 5.74) is 4.96. The van der Waals surface area contributed by atoms with Crippen LogP contribution in [0.25, 0.3) is 16.7 Å². The van der Waals surface area contributed by atoms with Gasteiger partial charge >= 0.3 is 0 Å². The highest BCUT2D eigenvalue weighted by molar-refractivity contribution is 6.31. The molecule has 0 atom stereocenters. The van der Waals surface area contributed by atoms with Crippen molar-refractivity contribution in [3.63, 3.8) is 0 Å². The number of aryl methyl sites for hydroxylation is 2. The van der Waals surface area contributed by atoms with Crippen LogP contribution in [0.15, 0.2) is 36.4 Å². The zero-order valence-electron chi connectivity index (χ0n) is 12.5. The molecule has 0 saturated heterocycles. The van der Waals surface area contributed by atoms with Crippen molar-refractivity contribution in [3.05, 3.63) is 52.5 Å². The Morgan fingerprint density at radius 3 is 2.68 bits per heavy atom. The monoisotopic (exact) mass is 315 g/mol. The minimum Gasteiger partial charge on any atom is -0.396 e. The largest absolute Gasteiger partial charge is 0.396 e. The van der Waals surface area contributed by atoms with Gasteiger partial charge in [-0.1, -0.05) is 23.7 Å². The first-order valence-corrected chi connectivity index (χ1v) is 7.78. The lowest BCUT2D eigenvalue weighted by molar-refractivity contribution is 0.284. The van der Waals surface area contributed by atoms with Crippen LogP contribution in [0.5, 0.6) is 0 Å². The van der Waals surface area contributed by atoms with Gasteiger partial charge in [0.15, 0.2) is 0 Å². The third-order valence-electron chi connectivity index (χ3n) is 3.65. The van der Waals surface area contributed by atoms with E-state index >= 15 is 0 Å². The Kier molecular flexibility index (Phi) is 4.41. The molecular formula is C17H18ClN3O. The molecule has 1 heterocycles. The molecule has 1 aromatic heterocycles. The molecule has 1 N–H and O–H groups in total. The molecule has 0 fully saturated rings. The highest BCUT2D eigenvalue weighted by Crippen LogP contribution is 2.21. The zero-order chi connectivity index (χ0) is 15.5. The molecule has 0 saturated carbocycles. The number of nitrogens with zero attached hydrogens (tertiary/aromatic N) is 3. The van der Waals surface area contributed by atoms with Crippen LogP contribution in [0.3, 0.4) is 0 Å². The molecule has 0 unspecified atom stereocenters. The van der Waals surface area contributed by atoms with Crippen molar-refractivity contribution >= 4 is 22.6 Å². The molecule has 2 aromatic carbocycles. The van der Waals surface area contributed by atoms with Crippen molar-refractivity contribution in [2.75, 3.05) is 6.61 Å². The normalized spacial score (nSPS) is 11.2. The van der Waals surface area contributed by atoms with Crippen molar-refractivity contribution in [1.29, 1.82) is 0 Å². The van der Waals surface area contributed by atoms with Crippen LogP contribution in [0.2, 0.25) is 5.02 Å². The van der Waals surface area contributed by atoms with E-state index in [1.807, 2.05) is 18.2 Å². The van der Waals surface area contributed by atoms with Crippen molar-refractivity contribution in [1.82, 2.24) is 15.0 Å². The molecule has 3 aromatic rings. The lowest BCUT2D eigenvalue weighted by atomic mass is 10.0. The van der Waals surface area contributed by atoms with Gasteiger partial charge in [0.05, 0.1) is 5.69 Å². The summed E-state index contributed by atoms with van der Waals surface area (Å²) in [5, 5.41) is 18.7. The standard InChI is InChI=1S/C17H18ClN3O/c1-12-5-6-13(4-2-3-9-22)17(10-12)21-19-15-8-7-14(18)11-16(15)20-21/h5-8,10-11,22H,2-4,9H2,1H3. The number of rotatable bonds is 5. The summed E-state index contributed by atoms with van der Waals surface area (Å²) in [6.07, 6.45) is 2.64. The molecule has 0 radical (unpaired) electrons. The molecule has 0 bridgehead atoms. The Labute approximate surface area is 134 Å². The number of aliphatic hydroxyl groups excluding tert-OH is 1. The number of benzene rings is 2. The van der Waals surface area contributed by atoms with Crippen molar-refractivity contribution in [3.8, 4) is 5.69 Å². The smallest absolute Gasteiger partial charge is 0.115 e. The van der Waals surface area contributed by atoms with E-state index in [1.165, 1.54) is 11.1 Å². The van der Waals surface area contributed by atoms with Gasteiger partial charge in [-0.25, -0.2) is 0 Å². The zero-order valence-corrected chi connectivity index (χ0v) is 13.2. The number of halogens is 1. The molecular weight excluding hydrogens is 298 g/mol. The highest BCUT2D eigenvalue weighted by atomic mass is 35.5. The van der Waals surface area contributed by atoms with Crippen molar-refractivity contribution in [2.24, 2.45) is 0 Å². The Balaban J connectivity index is 2.02. The summed E-state index contributed by atoms with van der Waals surface area (Å²) in [4.78, 5) is 1.68. The summed E-state index contributed by atoms with van der Waals surface area (Å²) < 4.78 is 0. The minimum absolute atomic E-state index is 0.226. The van der Waals surface area contributed by atoms with Crippen LogP contribution < -0.4 is 0 Å². The van der Waals surface area contributed by atoms with E-state index in [-0.39, 0.29) is 6.61 Å². The fourth-order valence-corrected chi connectivity index (χ4v) is 2.66. The SMILES string of the molecule is Cc1ccc(CCCCO)c(-n2nc3ccc(Cl)cc3n2)c1. The topological polar surface area (TPSA) is 50.9 Å². The van der Waals surface area contributed by atoms with Gasteiger partial charge < -0.3 is 5.11 Å². The van der Waals surface area contributed by atoms with Gasteiger partial charge in [0.2, 0.25) is 0 Å². The Hall–Kier alpha value is -1.91. The lowest BCUT2D eigenvalue weighted by Crippen LogP contribution is -2.04. The summed E-state index contributed by atoms with van der Waals surface area (Å²) >= 11 is 6.01. The third kappa shape index (κ3) is 3.13. The van der Waals surface area contributed by atoms with Gasteiger partial charge in [-0.05, 0) is 61.6 Å². The third-order valence-corrected chi connectivity index (χ3v) is 3.89. The number of fused-ring (bicyclic) bond motifs is 1. The average molecular weight is 316 g/mol. The quantitative estimate of drug-likeness (QED) is 0.730. The minimum atomic E-state index is 0.226. The van der Waals surface area contributed by atoms with E-state index in [9.17, 15) is 0 Å². The maximum Gasteiger partial charge on any atom is 0.115 e. The lowest BCUT2D eigenvalue weighted by Gasteiger charge is -2.09. The highest BCUT2D eigenvalue weighted by Gasteiger charge is 2.10. The number of aliphatic hydroxyl groups is 1. The van der Waals surface area contributed by atoms with E-state index in [4.69, 9.17) is 16.7 Å². The predicted molar refractivity (Wildman–Crippen MR) is 88.6 cm³/mol. The number of aromatic nitrogens is 3. The second-order valence-electron chi connectivity index (χ2n) is 5.44. The Morgan fingerprint density at radius 1 is 1.05 bits per heavy atom. The van der Waals surface area contributed by atoms with E-state index in [0.717, 1.165) is 36.0 Å². The molecule has 0 aliphatic rings. The first-order valence-electron chi connectivity index (χ1n) is 7.41. The van der Waals surface area contributed by atoms with Crippen LogP contribution in [-0.2, 0) is 6.42 Å². The molecule has 22 heavy (non-hydrogen) atoms. The van der Waals surface area contributed by atoms with Gasteiger partial charge in [0.25, 0.3) is 0 Å². The summed E-state index contributed by atoms with van der Waals surface area (Å²) in [7, 11) is 0. The van der Waals surface area contributed by atoms with Crippen LogP contribution in [0.4, 0.5) is 0 Å². The van der Waals surface area contributed by atoms with Crippen molar-refractivity contribution < 1.29 is 5.11 Å². The predicted octanol–water partition coefficient (Wildman–Crippen LogP) is 3.70. The van der Waals surface area contributed by atoms with E-state index in [1.54, 1.807) is 4.80 Å². The van der Waals surface area contributed by atoms with Crippen LogP contribution in [0, 0.1) is 6.92 Å². The first kappa shape index (κ1) is 15.0. The van der Waals surface area contributed by atoms with Crippen LogP contribution >= 0.6 is 11.6 Å². The Bertz CT molecular complexity index is 798. The van der Waals surface area contributed by atoms with E-state index in [2.05, 4.69) is 35.3 Å². The summed E-state index contributed by atoms with van der Waals surface area (Å²) in [5.74, 6) is 0. The second kappa shape index (κ2) is 6.46. The van der Waals surface area contributed by atoms with Gasteiger partial charge in [0.1, 0.15) is 11.0 Å². The molecule has 4 nitrogen and oxygen atoms in total. The first-order chi connectivity index (χ1) is 10.7. The van der Waals surface area contributed by atoms with Gasteiger partial charge in [0, 0.05) is 11.6 Å². The average Bonchev–Trinajstić information content (AvgIpc) is 2.91. The van der Waals surface area contributed by atoms with Crippen LogP contribution in [0.1, 0.15) is 24.0 Å². The molecule has 0 amide bonds. The summed E-state index contributed by atoms with van der Waals surface area (Å²) in [6, 6.07) is 11.8. The Morgan fingerprint density at radius 2 is 1.86 bits per heavy atom. The molecule has 0 aliphatic carbocycles. The number of hydrogen-bond donors (Lipinski definition) is 1. The summed E-state index contributed by atoms with van der Waals surface area (Å²) in [6.45, 7) is 2.28. The van der Waals surface area contributed by atoms with Crippen LogP contribution in [-0.4, -0.2) is 26.7 Å². The molecule has 3 rings (SSSR count). The molecule has 0 aliphatic heterocycles. The molecule has 114 valence electrons. The van der Waals surface area contributed by atoms with Crippen molar-refractivity contribution in [2.45, 2.75) is 26.2 Å². The maximum atomic E-state index is 8.95. The fraction of sp³-hybridized carbons (Fsp3) is 0.294. The number of unbranched alkanes of at least 4 members (excludes halogenated alkanes) is 1. The fourth-order valence-electron chi connectivity index (χ4n) is 2.49. The molecule has 0 spiro atoms. The van der Waals surface area contributed by atoms with E-state index < -0.39 is 0 Å². The van der Waals surface area contributed by atoms with E-state index in [0.29, 0.717) is 5.02 Å². The number of hydrogen-bond acceptors (Lipinski definition) is 3. The van der Waals surface area contributed by atoms with Gasteiger partial charge in [-0.3, -0.25) is 0 Å². The van der Waals surface area contributed by atoms with Gasteiger partial charge in [-0.15, -0.1) is 10.2 Å². The molecule has 5 heteroatoms. The van der Waals surface area contributed by atoms with Gasteiger partial charge in [-0.2, -0.15) is 4.80 Å². The second-order valence-corrected chi connectivity index (χ2v) is 5.87.